The molecule has 28 heavy (non-hydrogen) atoms. The lowest BCUT2D eigenvalue weighted by Gasteiger charge is -2.06. The number of hydrogen-bond acceptors (Lipinski definition) is 6. The SMILES string of the molecule is Cc1ccc(C(=O)Nc2nc(-c3nnn(-c4ccccc4C)c3C)ns2)cc1. The van der Waals surface area contributed by atoms with Crippen molar-refractivity contribution in [3.05, 3.63) is 70.9 Å². The van der Waals surface area contributed by atoms with Gasteiger partial charge in [-0.2, -0.15) is 9.36 Å². The van der Waals surface area contributed by atoms with Crippen molar-refractivity contribution in [2.24, 2.45) is 0 Å². The van der Waals surface area contributed by atoms with Crippen molar-refractivity contribution in [1.29, 1.82) is 0 Å². The van der Waals surface area contributed by atoms with Crippen molar-refractivity contribution in [3.63, 3.8) is 0 Å². The summed E-state index contributed by atoms with van der Waals surface area (Å²) in [6.45, 7) is 5.93. The number of nitrogens with one attached hydrogen (secondary N) is 1. The largest absolute Gasteiger partial charge is 0.297 e. The molecule has 0 spiro atoms. The van der Waals surface area contributed by atoms with Gasteiger partial charge in [-0.1, -0.05) is 41.1 Å². The van der Waals surface area contributed by atoms with Crippen molar-refractivity contribution >= 4 is 22.6 Å². The number of amides is 1. The van der Waals surface area contributed by atoms with E-state index in [1.165, 1.54) is 0 Å². The molecule has 0 bridgehead atoms. The maximum absolute atomic E-state index is 12.4. The highest BCUT2D eigenvalue weighted by Crippen LogP contribution is 2.25. The van der Waals surface area contributed by atoms with Crippen LogP contribution in [0.4, 0.5) is 5.13 Å². The third-order valence-electron chi connectivity index (χ3n) is 4.41. The Kier molecular flexibility index (Phi) is 4.70. The molecule has 2 aromatic carbocycles. The first kappa shape index (κ1) is 18.0. The van der Waals surface area contributed by atoms with Gasteiger partial charge in [-0.15, -0.1) is 5.10 Å². The van der Waals surface area contributed by atoms with Crippen molar-refractivity contribution in [2.45, 2.75) is 20.8 Å². The Morgan fingerprint density at radius 1 is 1.04 bits per heavy atom. The van der Waals surface area contributed by atoms with Crippen LogP contribution in [-0.4, -0.2) is 30.3 Å². The predicted octanol–water partition coefficient (Wildman–Crippen LogP) is 3.96. The summed E-state index contributed by atoms with van der Waals surface area (Å²) in [6, 6.07) is 15.3. The summed E-state index contributed by atoms with van der Waals surface area (Å²) in [5.41, 5.74) is 5.16. The van der Waals surface area contributed by atoms with E-state index in [0.717, 1.165) is 34.0 Å². The number of anilines is 1. The molecule has 0 atom stereocenters. The molecule has 1 amide bonds. The fourth-order valence-electron chi connectivity index (χ4n) is 2.81. The normalized spacial score (nSPS) is 10.8. The molecule has 2 heterocycles. The van der Waals surface area contributed by atoms with Gasteiger partial charge in [0, 0.05) is 17.1 Å². The number of rotatable bonds is 4. The molecule has 7 nitrogen and oxygen atoms in total. The molecule has 0 unspecified atom stereocenters. The summed E-state index contributed by atoms with van der Waals surface area (Å²) in [5, 5.41) is 11.7. The molecule has 0 radical (unpaired) electrons. The fourth-order valence-corrected chi connectivity index (χ4v) is 3.38. The molecular formula is C20H18N6OS. The Bertz CT molecular complexity index is 1150. The Labute approximate surface area is 166 Å². The first-order valence-electron chi connectivity index (χ1n) is 8.73. The number of carbonyl (C=O) groups is 1. The van der Waals surface area contributed by atoms with Crippen LogP contribution in [-0.2, 0) is 0 Å². The lowest BCUT2D eigenvalue weighted by Crippen LogP contribution is -2.11. The van der Waals surface area contributed by atoms with Gasteiger partial charge in [0.15, 0.2) is 11.5 Å². The molecule has 140 valence electrons. The van der Waals surface area contributed by atoms with Crippen LogP contribution in [0.1, 0.15) is 27.2 Å². The molecule has 0 fully saturated rings. The lowest BCUT2D eigenvalue weighted by molar-refractivity contribution is 0.102. The maximum atomic E-state index is 12.4. The topological polar surface area (TPSA) is 85.6 Å². The third kappa shape index (κ3) is 3.41. The van der Waals surface area contributed by atoms with Gasteiger partial charge in [0.1, 0.15) is 0 Å². The van der Waals surface area contributed by atoms with Crippen LogP contribution in [0.5, 0.6) is 0 Å². The van der Waals surface area contributed by atoms with E-state index in [-0.39, 0.29) is 5.91 Å². The Morgan fingerprint density at radius 2 is 1.79 bits per heavy atom. The van der Waals surface area contributed by atoms with Gasteiger partial charge in [-0.05, 0) is 44.5 Å². The number of benzene rings is 2. The Balaban J connectivity index is 1.57. The molecule has 0 aliphatic heterocycles. The number of aromatic nitrogens is 5. The van der Waals surface area contributed by atoms with Crippen LogP contribution in [0.25, 0.3) is 17.2 Å². The Morgan fingerprint density at radius 3 is 2.54 bits per heavy atom. The summed E-state index contributed by atoms with van der Waals surface area (Å²) < 4.78 is 6.11. The zero-order chi connectivity index (χ0) is 19.7. The van der Waals surface area contributed by atoms with Crippen LogP contribution < -0.4 is 5.32 Å². The molecule has 0 saturated carbocycles. The van der Waals surface area contributed by atoms with E-state index in [1.54, 1.807) is 16.8 Å². The molecule has 8 heteroatoms. The Hall–Kier alpha value is -3.39. The standard InChI is InChI=1S/C20H18N6OS/c1-12-8-10-15(11-9-12)19(27)22-20-21-18(24-28-20)17-14(3)26(25-23-17)16-7-5-4-6-13(16)2/h4-11H,1-3H3,(H,21,22,24,27). The molecule has 4 aromatic rings. The van der Waals surface area contributed by atoms with E-state index < -0.39 is 0 Å². The minimum Gasteiger partial charge on any atom is -0.297 e. The minimum absolute atomic E-state index is 0.219. The second-order valence-electron chi connectivity index (χ2n) is 6.47. The van der Waals surface area contributed by atoms with E-state index in [4.69, 9.17) is 0 Å². The maximum Gasteiger partial charge on any atom is 0.257 e. The van der Waals surface area contributed by atoms with Crippen molar-refractivity contribution in [1.82, 2.24) is 24.4 Å². The van der Waals surface area contributed by atoms with Crippen LogP contribution >= 0.6 is 11.5 Å². The van der Waals surface area contributed by atoms with E-state index >= 15 is 0 Å². The van der Waals surface area contributed by atoms with Crippen LogP contribution in [0, 0.1) is 20.8 Å². The van der Waals surface area contributed by atoms with Gasteiger partial charge in [0.25, 0.3) is 5.91 Å². The van der Waals surface area contributed by atoms with Gasteiger partial charge < -0.3 is 0 Å². The van der Waals surface area contributed by atoms with Gasteiger partial charge in [-0.25, -0.2) is 4.68 Å². The van der Waals surface area contributed by atoms with Crippen molar-refractivity contribution in [3.8, 4) is 17.2 Å². The third-order valence-corrected chi connectivity index (χ3v) is 5.04. The minimum atomic E-state index is -0.219. The highest BCUT2D eigenvalue weighted by Gasteiger charge is 2.18. The van der Waals surface area contributed by atoms with Gasteiger partial charge in [-0.3, -0.25) is 10.1 Å². The van der Waals surface area contributed by atoms with Crippen LogP contribution in [0.3, 0.4) is 0 Å². The molecule has 1 N–H and O–H groups in total. The fraction of sp³-hybridized carbons (Fsp3) is 0.150. The van der Waals surface area contributed by atoms with Crippen LogP contribution in [0.2, 0.25) is 0 Å². The number of carbonyl (C=O) groups excluding carboxylic acids is 1. The molecule has 0 aliphatic carbocycles. The first-order valence-corrected chi connectivity index (χ1v) is 9.50. The average molecular weight is 390 g/mol. The quantitative estimate of drug-likeness (QED) is 0.570. The summed E-state index contributed by atoms with van der Waals surface area (Å²) in [4.78, 5) is 16.8. The molecule has 0 saturated heterocycles. The highest BCUT2D eigenvalue weighted by atomic mass is 32.1. The van der Waals surface area contributed by atoms with Gasteiger partial charge >= 0.3 is 0 Å². The van der Waals surface area contributed by atoms with Crippen LogP contribution in [0.15, 0.2) is 48.5 Å². The zero-order valence-electron chi connectivity index (χ0n) is 15.7. The van der Waals surface area contributed by atoms with Crippen molar-refractivity contribution in [2.75, 3.05) is 5.32 Å². The summed E-state index contributed by atoms with van der Waals surface area (Å²) in [5.74, 6) is 0.226. The smallest absolute Gasteiger partial charge is 0.257 e. The van der Waals surface area contributed by atoms with E-state index in [1.807, 2.05) is 57.2 Å². The predicted molar refractivity (Wildman–Crippen MR) is 109 cm³/mol. The number of hydrogen-bond donors (Lipinski definition) is 1. The van der Waals surface area contributed by atoms with Gasteiger partial charge in [0.05, 0.1) is 11.4 Å². The summed E-state index contributed by atoms with van der Waals surface area (Å²) >= 11 is 1.12. The van der Waals surface area contributed by atoms with E-state index in [2.05, 4.69) is 25.0 Å². The number of aryl methyl sites for hydroxylation is 2. The number of nitrogens with zero attached hydrogens (tertiary/aromatic N) is 5. The monoisotopic (exact) mass is 390 g/mol. The highest BCUT2D eigenvalue weighted by molar-refractivity contribution is 7.10. The van der Waals surface area contributed by atoms with E-state index in [0.29, 0.717) is 22.2 Å². The average Bonchev–Trinajstić information content (AvgIpc) is 3.29. The molecule has 4 rings (SSSR count). The second kappa shape index (κ2) is 7.32. The number of para-hydroxylation sites is 1. The van der Waals surface area contributed by atoms with E-state index in [9.17, 15) is 4.79 Å². The zero-order valence-corrected chi connectivity index (χ0v) is 16.5. The molecule has 0 aliphatic rings. The molecule has 2 aromatic heterocycles. The summed E-state index contributed by atoms with van der Waals surface area (Å²) in [7, 11) is 0. The molecular weight excluding hydrogens is 372 g/mol. The lowest BCUT2D eigenvalue weighted by atomic mass is 10.1. The van der Waals surface area contributed by atoms with Gasteiger partial charge in [0.2, 0.25) is 5.13 Å². The summed E-state index contributed by atoms with van der Waals surface area (Å²) in [6.07, 6.45) is 0. The van der Waals surface area contributed by atoms with Crippen molar-refractivity contribution < 1.29 is 4.79 Å². The first-order chi connectivity index (χ1) is 13.5. The second-order valence-corrected chi connectivity index (χ2v) is 7.22.